The molecule has 0 saturated carbocycles. The van der Waals surface area contributed by atoms with Crippen molar-refractivity contribution in [2.75, 3.05) is 31.1 Å². The Bertz CT molecular complexity index is 1030. The molecule has 3 aromatic rings. The summed E-state index contributed by atoms with van der Waals surface area (Å²) in [7, 11) is 0. The maximum absolute atomic E-state index is 13.3. The monoisotopic (exact) mass is 453 g/mol. The molecule has 4 nitrogen and oxygen atoms in total. The van der Waals surface area contributed by atoms with Crippen LogP contribution >= 0.6 is 11.6 Å². The molecule has 0 spiro atoms. The molecule has 0 radical (unpaired) electrons. The zero-order chi connectivity index (χ0) is 22.5. The van der Waals surface area contributed by atoms with Crippen molar-refractivity contribution in [3.63, 3.8) is 0 Å². The molecule has 1 saturated heterocycles. The molecule has 0 unspecified atom stereocenters. The lowest BCUT2D eigenvalue weighted by Gasteiger charge is -2.43. The van der Waals surface area contributed by atoms with Gasteiger partial charge < -0.3 is 9.64 Å². The van der Waals surface area contributed by atoms with Gasteiger partial charge in [0.25, 0.3) is 0 Å². The average Bonchev–Trinajstić information content (AvgIpc) is 2.80. The van der Waals surface area contributed by atoms with Crippen LogP contribution in [0.25, 0.3) is 0 Å². The summed E-state index contributed by atoms with van der Waals surface area (Å²) in [5.41, 5.74) is 4.37. The number of aromatic nitrogens is 1. The standard InChI is InChI=1S/C26H29ClFN3O/c1-3-14-32-23-10-11-25(24(27)15-23)31-13-12-30(17-22-9-8-21(28)16-29-22)18-26(31)20-6-4-19(2)5-7-20/h4-11,15-16,26H,3,12-14,17-18H2,1-2H3/t26-/m0/s1. The van der Waals surface area contributed by atoms with E-state index in [0.29, 0.717) is 18.2 Å². The second-order valence-corrected chi connectivity index (χ2v) is 8.69. The highest BCUT2D eigenvalue weighted by atomic mass is 35.5. The lowest BCUT2D eigenvalue weighted by molar-refractivity contribution is 0.213. The number of nitrogens with zero attached hydrogens (tertiary/aromatic N) is 3. The number of ether oxygens (including phenoxy) is 1. The average molecular weight is 454 g/mol. The fraction of sp³-hybridized carbons (Fsp3) is 0.346. The minimum Gasteiger partial charge on any atom is -0.494 e. The Labute approximate surface area is 194 Å². The fourth-order valence-electron chi connectivity index (χ4n) is 4.10. The number of hydrogen-bond acceptors (Lipinski definition) is 4. The summed E-state index contributed by atoms with van der Waals surface area (Å²) in [6.07, 6.45) is 2.24. The van der Waals surface area contributed by atoms with Crippen LogP contribution in [-0.4, -0.2) is 36.1 Å². The van der Waals surface area contributed by atoms with Crippen LogP contribution < -0.4 is 9.64 Å². The zero-order valence-corrected chi connectivity index (χ0v) is 19.4. The van der Waals surface area contributed by atoms with Gasteiger partial charge in [-0.2, -0.15) is 0 Å². The first-order chi connectivity index (χ1) is 15.5. The molecule has 32 heavy (non-hydrogen) atoms. The molecule has 1 fully saturated rings. The van der Waals surface area contributed by atoms with Crippen molar-refractivity contribution >= 4 is 17.3 Å². The summed E-state index contributed by atoms with van der Waals surface area (Å²) >= 11 is 6.72. The van der Waals surface area contributed by atoms with Crippen LogP contribution in [0.4, 0.5) is 10.1 Å². The number of rotatable bonds is 7. The van der Waals surface area contributed by atoms with Crippen LogP contribution in [-0.2, 0) is 6.54 Å². The van der Waals surface area contributed by atoms with E-state index in [1.165, 1.54) is 23.4 Å². The second-order valence-electron chi connectivity index (χ2n) is 8.28. The van der Waals surface area contributed by atoms with Gasteiger partial charge >= 0.3 is 0 Å². The molecule has 1 aliphatic heterocycles. The Kier molecular flexibility index (Phi) is 7.28. The number of anilines is 1. The fourth-order valence-corrected chi connectivity index (χ4v) is 4.38. The van der Waals surface area contributed by atoms with Gasteiger partial charge in [-0.25, -0.2) is 4.39 Å². The molecule has 168 valence electrons. The number of aryl methyl sites for hydroxylation is 1. The largest absolute Gasteiger partial charge is 0.494 e. The van der Waals surface area contributed by atoms with Crippen LogP contribution in [0.5, 0.6) is 5.75 Å². The quantitative estimate of drug-likeness (QED) is 0.436. The second kappa shape index (κ2) is 10.3. The third kappa shape index (κ3) is 5.40. The van der Waals surface area contributed by atoms with Gasteiger partial charge in [-0.05, 0) is 43.2 Å². The van der Waals surface area contributed by atoms with E-state index in [4.69, 9.17) is 16.3 Å². The van der Waals surface area contributed by atoms with Gasteiger partial charge in [0.15, 0.2) is 0 Å². The topological polar surface area (TPSA) is 28.6 Å². The molecule has 2 aromatic carbocycles. The highest BCUT2D eigenvalue weighted by Gasteiger charge is 2.30. The van der Waals surface area contributed by atoms with Crippen LogP contribution in [0.2, 0.25) is 5.02 Å². The minimum atomic E-state index is -0.308. The number of benzene rings is 2. The van der Waals surface area contributed by atoms with E-state index in [0.717, 1.165) is 43.2 Å². The third-order valence-electron chi connectivity index (χ3n) is 5.80. The molecular formula is C26H29ClFN3O. The highest BCUT2D eigenvalue weighted by Crippen LogP contribution is 2.37. The smallest absolute Gasteiger partial charge is 0.141 e. The first kappa shape index (κ1) is 22.6. The summed E-state index contributed by atoms with van der Waals surface area (Å²) in [5, 5.41) is 0.698. The van der Waals surface area contributed by atoms with Crippen molar-refractivity contribution in [1.29, 1.82) is 0 Å². The number of halogens is 2. The molecule has 4 rings (SSSR count). The van der Waals surface area contributed by atoms with E-state index < -0.39 is 0 Å². The van der Waals surface area contributed by atoms with Crippen LogP contribution in [0.1, 0.15) is 36.2 Å². The van der Waals surface area contributed by atoms with Crippen molar-refractivity contribution in [2.24, 2.45) is 0 Å². The third-order valence-corrected chi connectivity index (χ3v) is 6.11. The maximum Gasteiger partial charge on any atom is 0.141 e. The Hall–Kier alpha value is -2.63. The summed E-state index contributed by atoms with van der Waals surface area (Å²) in [6, 6.07) is 18.0. The predicted octanol–water partition coefficient (Wildman–Crippen LogP) is 6.03. The Balaban J connectivity index is 1.58. The molecule has 6 heteroatoms. The molecular weight excluding hydrogens is 425 g/mol. The van der Waals surface area contributed by atoms with Crippen LogP contribution in [0.3, 0.4) is 0 Å². The zero-order valence-electron chi connectivity index (χ0n) is 18.6. The predicted molar refractivity (Wildman–Crippen MR) is 128 cm³/mol. The highest BCUT2D eigenvalue weighted by molar-refractivity contribution is 6.33. The van der Waals surface area contributed by atoms with Crippen molar-refractivity contribution in [3.8, 4) is 5.75 Å². The van der Waals surface area contributed by atoms with E-state index >= 15 is 0 Å². The molecule has 0 bridgehead atoms. The lowest BCUT2D eigenvalue weighted by atomic mass is 10.00. The number of pyridine rings is 1. The maximum atomic E-state index is 13.3. The molecule has 1 aliphatic rings. The number of hydrogen-bond donors (Lipinski definition) is 0. The Morgan fingerprint density at radius 3 is 2.59 bits per heavy atom. The molecule has 2 heterocycles. The van der Waals surface area contributed by atoms with E-state index in [-0.39, 0.29) is 11.9 Å². The van der Waals surface area contributed by atoms with E-state index in [2.05, 4.69) is 59.0 Å². The molecule has 0 amide bonds. The van der Waals surface area contributed by atoms with E-state index in [1.54, 1.807) is 6.07 Å². The number of piperazine rings is 1. The van der Waals surface area contributed by atoms with Crippen LogP contribution in [0.15, 0.2) is 60.8 Å². The first-order valence-electron chi connectivity index (χ1n) is 11.1. The van der Waals surface area contributed by atoms with Crippen molar-refractivity contribution in [2.45, 2.75) is 32.9 Å². The lowest BCUT2D eigenvalue weighted by Crippen LogP contribution is -2.48. The molecule has 0 N–H and O–H groups in total. The van der Waals surface area contributed by atoms with Gasteiger partial charge in [0.05, 0.1) is 35.2 Å². The Morgan fingerprint density at radius 2 is 1.91 bits per heavy atom. The SMILES string of the molecule is CCCOc1ccc(N2CCN(Cc3ccc(F)cn3)C[C@H]2c2ccc(C)cc2)c(Cl)c1. The normalized spacial score (nSPS) is 16.9. The van der Waals surface area contributed by atoms with Gasteiger partial charge in [-0.15, -0.1) is 0 Å². The molecule has 1 aromatic heterocycles. The van der Waals surface area contributed by atoms with Gasteiger partial charge in [-0.3, -0.25) is 9.88 Å². The molecule has 0 aliphatic carbocycles. The van der Waals surface area contributed by atoms with Crippen molar-refractivity contribution in [3.05, 3.63) is 88.5 Å². The van der Waals surface area contributed by atoms with Gasteiger partial charge in [0, 0.05) is 32.2 Å². The van der Waals surface area contributed by atoms with Crippen molar-refractivity contribution < 1.29 is 9.13 Å². The van der Waals surface area contributed by atoms with Gasteiger partial charge in [0.2, 0.25) is 0 Å². The van der Waals surface area contributed by atoms with E-state index in [9.17, 15) is 4.39 Å². The summed E-state index contributed by atoms with van der Waals surface area (Å²) in [5.74, 6) is 0.491. The summed E-state index contributed by atoms with van der Waals surface area (Å²) in [6.45, 7) is 8.07. The van der Waals surface area contributed by atoms with Crippen LogP contribution in [0, 0.1) is 12.7 Å². The minimum absolute atomic E-state index is 0.143. The van der Waals surface area contributed by atoms with Gasteiger partial charge in [-0.1, -0.05) is 48.4 Å². The van der Waals surface area contributed by atoms with E-state index in [1.807, 2.05) is 12.1 Å². The van der Waals surface area contributed by atoms with Crippen molar-refractivity contribution in [1.82, 2.24) is 9.88 Å². The first-order valence-corrected chi connectivity index (χ1v) is 11.5. The molecule has 1 atom stereocenters. The van der Waals surface area contributed by atoms with Gasteiger partial charge in [0.1, 0.15) is 11.6 Å². The summed E-state index contributed by atoms with van der Waals surface area (Å²) in [4.78, 5) is 8.99. The summed E-state index contributed by atoms with van der Waals surface area (Å²) < 4.78 is 19.0. The Morgan fingerprint density at radius 1 is 1.09 bits per heavy atom.